The molecule has 0 atom stereocenters. The fourth-order valence-corrected chi connectivity index (χ4v) is 2.82. The third-order valence-corrected chi connectivity index (χ3v) is 4.29. The Kier molecular flexibility index (Phi) is 6.40. The van der Waals surface area contributed by atoms with Crippen LogP contribution in [0.4, 0.5) is 5.69 Å². The van der Waals surface area contributed by atoms with Crippen molar-refractivity contribution in [2.24, 2.45) is 18.2 Å². The Morgan fingerprint density at radius 2 is 2.14 bits per heavy atom. The van der Waals surface area contributed by atoms with Gasteiger partial charge in [0, 0.05) is 33.0 Å². The molecular weight excluding hydrogens is 362 g/mol. The molecule has 2 rings (SSSR count). The van der Waals surface area contributed by atoms with E-state index in [1.54, 1.807) is 19.3 Å². The van der Waals surface area contributed by atoms with Gasteiger partial charge in [0.2, 0.25) is 5.91 Å². The lowest BCUT2D eigenvalue weighted by molar-refractivity contribution is -0.130. The monoisotopic (exact) mass is 379 g/mol. The number of anilines is 1. The van der Waals surface area contributed by atoms with Crippen LogP contribution in [0, 0.1) is 5.41 Å². The predicted octanol–water partition coefficient (Wildman–Crippen LogP) is 1.26. The number of pyridine rings is 1. The summed E-state index contributed by atoms with van der Waals surface area (Å²) in [6.07, 6.45) is 2.82. The summed E-state index contributed by atoms with van der Waals surface area (Å²) in [6.45, 7) is 1.37. The third kappa shape index (κ3) is 3.85. The van der Waals surface area contributed by atoms with Crippen molar-refractivity contribution in [1.29, 1.82) is 0 Å². The molecule has 0 saturated carbocycles. The van der Waals surface area contributed by atoms with Crippen molar-refractivity contribution in [1.82, 2.24) is 4.57 Å². The Morgan fingerprint density at radius 3 is 2.67 bits per heavy atom. The smallest absolute Gasteiger partial charge is 0.264 e. The van der Waals surface area contributed by atoms with E-state index >= 15 is 0 Å². The van der Waals surface area contributed by atoms with E-state index in [1.807, 2.05) is 0 Å². The SMILES string of the molecule is Cl.Cn1cc(NC(=O)C2(CN)CCOCC2)cc(Br)c1=O. The quantitative estimate of drug-likeness (QED) is 0.826. The number of hydrogen-bond donors (Lipinski definition) is 2. The van der Waals surface area contributed by atoms with Gasteiger partial charge in [-0.1, -0.05) is 0 Å². The number of nitrogens with zero attached hydrogens (tertiary/aromatic N) is 1. The van der Waals surface area contributed by atoms with Crippen molar-refractivity contribution >= 4 is 39.9 Å². The Bertz CT molecular complexity index is 544. The van der Waals surface area contributed by atoms with Crippen LogP contribution < -0.4 is 16.6 Å². The van der Waals surface area contributed by atoms with Crippen LogP contribution in [0.15, 0.2) is 21.5 Å². The summed E-state index contributed by atoms with van der Waals surface area (Å²) in [5, 5.41) is 2.85. The van der Waals surface area contributed by atoms with E-state index in [4.69, 9.17) is 10.5 Å². The number of halogens is 2. The maximum Gasteiger partial charge on any atom is 0.264 e. The molecule has 0 aliphatic carbocycles. The summed E-state index contributed by atoms with van der Waals surface area (Å²) >= 11 is 3.18. The summed E-state index contributed by atoms with van der Waals surface area (Å²) in [6, 6.07) is 1.60. The average Bonchev–Trinajstić information content (AvgIpc) is 2.45. The lowest BCUT2D eigenvalue weighted by atomic mass is 9.79. The van der Waals surface area contributed by atoms with Crippen LogP contribution in [0.25, 0.3) is 0 Å². The first kappa shape index (κ1) is 18.2. The summed E-state index contributed by atoms with van der Waals surface area (Å²) in [5.74, 6) is -0.117. The Hall–Kier alpha value is -0.890. The van der Waals surface area contributed by atoms with Crippen molar-refractivity contribution in [3.05, 3.63) is 27.1 Å². The molecule has 8 heteroatoms. The highest BCUT2D eigenvalue weighted by atomic mass is 79.9. The summed E-state index contributed by atoms with van der Waals surface area (Å²) < 4.78 is 7.12. The van der Waals surface area contributed by atoms with E-state index in [-0.39, 0.29) is 30.4 Å². The predicted molar refractivity (Wildman–Crippen MR) is 86.8 cm³/mol. The molecule has 1 amide bonds. The van der Waals surface area contributed by atoms with Crippen LogP contribution in [0.3, 0.4) is 0 Å². The molecule has 6 nitrogen and oxygen atoms in total. The fraction of sp³-hybridized carbons (Fsp3) is 0.538. The second-order valence-corrected chi connectivity index (χ2v) is 5.90. The van der Waals surface area contributed by atoms with E-state index in [2.05, 4.69) is 21.2 Å². The van der Waals surface area contributed by atoms with Gasteiger partial charge < -0.3 is 20.4 Å². The van der Waals surface area contributed by atoms with Gasteiger partial charge in [-0.3, -0.25) is 9.59 Å². The first-order valence-electron chi connectivity index (χ1n) is 6.44. The molecule has 0 radical (unpaired) electrons. The van der Waals surface area contributed by atoms with Crippen LogP contribution in [-0.4, -0.2) is 30.2 Å². The van der Waals surface area contributed by atoms with Crippen molar-refractivity contribution < 1.29 is 9.53 Å². The average molecular weight is 381 g/mol. The number of aromatic nitrogens is 1. The highest BCUT2D eigenvalue weighted by Gasteiger charge is 2.38. The molecule has 1 aliphatic heterocycles. The van der Waals surface area contributed by atoms with Gasteiger partial charge in [-0.15, -0.1) is 12.4 Å². The summed E-state index contributed by atoms with van der Waals surface area (Å²) in [7, 11) is 1.63. The van der Waals surface area contributed by atoms with Gasteiger partial charge in [-0.2, -0.15) is 0 Å². The van der Waals surface area contributed by atoms with Crippen molar-refractivity contribution in [3.8, 4) is 0 Å². The zero-order valence-corrected chi connectivity index (χ0v) is 14.1. The molecule has 0 bridgehead atoms. The maximum absolute atomic E-state index is 12.5. The Labute approximate surface area is 137 Å². The van der Waals surface area contributed by atoms with Crippen molar-refractivity contribution in [2.75, 3.05) is 25.1 Å². The standard InChI is InChI=1S/C13H18BrN3O3.ClH/c1-17-7-9(6-10(14)11(17)18)16-12(19)13(8-15)2-4-20-5-3-13;/h6-7H,2-5,8,15H2,1H3,(H,16,19);1H. The van der Waals surface area contributed by atoms with Crippen LogP contribution in [0.1, 0.15) is 12.8 Å². The van der Waals surface area contributed by atoms with E-state index < -0.39 is 5.41 Å². The molecule has 1 fully saturated rings. The molecule has 0 spiro atoms. The Balaban J connectivity index is 0.00000220. The van der Waals surface area contributed by atoms with E-state index in [9.17, 15) is 9.59 Å². The molecule has 1 aromatic heterocycles. The van der Waals surface area contributed by atoms with Gasteiger partial charge in [-0.05, 0) is 34.8 Å². The number of amides is 1. The summed E-state index contributed by atoms with van der Waals surface area (Å²) in [5.41, 5.74) is 5.63. The second-order valence-electron chi connectivity index (χ2n) is 5.04. The lowest BCUT2D eigenvalue weighted by Gasteiger charge is -2.34. The molecule has 2 heterocycles. The minimum absolute atomic E-state index is 0. The second kappa shape index (κ2) is 7.40. The maximum atomic E-state index is 12.5. The van der Waals surface area contributed by atoms with Crippen molar-refractivity contribution in [2.45, 2.75) is 12.8 Å². The van der Waals surface area contributed by atoms with Crippen LogP contribution in [0.2, 0.25) is 0 Å². The number of nitrogens with two attached hydrogens (primary N) is 1. The first-order valence-corrected chi connectivity index (χ1v) is 7.23. The van der Waals surface area contributed by atoms with Crippen molar-refractivity contribution in [3.63, 3.8) is 0 Å². The molecule has 1 aliphatic rings. The highest BCUT2D eigenvalue weighted by molar-refractivity contribution is 9.10. The molecule has 1 aromatic rings. The molecule has 118 valence electrons. The van der Waals surface area contributed by atoms with Crippen LogP contribution in [-0.2, 0) is 16.6 Å². The molecule has 0 aromatic carbocycles. The van der Waals surface area contributed by atoms with E-state index in [0.717, 1.165) is 0 Å². The normalized spacial score (nSPS) is 16.9. The van der Waals surface area contributed by atoms with Crippen LogP contribution in [0.5, 0.6) is 0 Å². The van der Waals surface area contributed by atoms with E-state index in [1.165, 1.54) is 4.57 Å². The zero-order valence-electron chi connectivity index (χ0n) is 11.7. The number of nitrogens with one attached hydrogen (secondary N) is 1. The third-order valence-electron chi connectivity index (χ3n) is 3.72. The van der Waals surface area contributed by atoms with E-state index in [0.29, 0.717) is 36.2 Å². The number of aryl methyl sites for hydroxylation is 1. The minimum Gasteiger partial charge on any atom is -0.381 e. The number of carbonyl (C=O) groups excluding carboxylic acids is 1. The lowest BCUT2D eigenvalue weighted by Crippen LogP contribution is -2.46. The molecular formula is C13H19BrClN3O3. The van der Waals surface area contributed by atoms with Crippen LogP contribution >= 0.6 is 28.3 Å². The number of rotatable bonds is 3. The highest BCUT2D eigenvalue weighted by Crippen LogP contribution is 2.31. The molecule has 1 saturated heterocycles. The van der Waals surface area contributed by atoms with Gasteiger partial charge in [0.15, 0.2) is 0 Å². The van der Waals surface area contributed by atoms with Gasteiger partial charge in [0.1, 0.15) is 0 Å². The summed E-state index contributed by atoms with van der Waals surface area (Å²) in [4.78, 5) is 24.1. The number of ether oxygens (including phenoxy) is 1. The van der Waals surface area contributed by atoms with Gasteiger partial charge in [0.05, 0.1) is 15.6 Å². The first-order chi connectivity index (χ1) is 9.48. The zero-order chi connectivity index (χ0) is 14.8. The van der Waals surface area contributed by atoms with Gasteiger partial charge in [-0.25, -0.2) is 0 Å². The molecule has 3 N–H and O–H groups in total. The fourth-order valence-electron chi connectivity index (χ4n) is 2.29. The topological polar surface area (TPSA) is 86.3 Å². The van der Waals surface area contributed by atoms with Gasteiger partial charge >= 0.3 is 0 Å². The molecule has 21 heavy (non-hydrogen) atoms. The van der Waals surface area contributed by atoms with Gasteiger partial charge in [0.25, 0.3) is 5.56 Å². The largest absolute Gasteiger partial charge is 0.381 e. The number of hydrogen-bond acceptors (Lipinski definition) is 4. The number of carbonyl (C=O) groups is 1. The molecule has 0 unspecified atom stereocenters. The Morgan fingerprint density at radius 1 is 1.52 bits per heavy atom. The minimum atomic E-state index is -0.584.